The van der Waals surface area contributed by atoms with Crippen molar-refractivity contribution in [3.63, 3.8) is 0 Å². The largest absolute Gasteiger partial charge is 0.386 e. The van der Waals surface area contributed by atoms with E-state index in [1.54, 1.807) is 4.90 Å². The van der Waals surface area contributed by atoms with Crippen LogP contribution < -0.4 is 5.32 Å². The lowest BCUT2D eigenvalue weighted by Gasteiger charge is -2.48. The van der Waals surface area contributed by atoms with E-state index in [9.17, 15) is 9.90 Å². The molecule has 4 nitrogen and oxygen atoms in total. The Balaban J connectivity index is 1.78. The van der Waals surface area contributed by atoms with Gasteiger partial charge in [-0.1, -0.05) is 44.2 Å². The zero-order valence-corrected chi connectivity index (χ0v) is 10.9. The van der Waals surface area contributed by atoms with Crippen LogP contribution in [0.3, 0.4) is 0 Å². The number of urea groups is 1. The van der Waals surface area contributed by atoms with Crippen molar-refractivity contribution in [1.82, 2.24) is 10.2 Å². The summed E-state index contributed by atoms with van der Waals surface area (Å²) in [5, 5.41) is 12.9. The topological polar surface area (TPSA) is 52.6 Å². The molecule has 2 N–H and O–H groups in total. The Morgan fingerprint density at radius 2 is 2.00 bits per heavy atom. The van der Waals surface area contributed by atoms with Crippen LogP contribution in [0.5, 0.6) is 0 Å². The zero-order chi connectivity index (χ0) is 13.2. The number of hydrogen-bond acceptors (Lipinski definition) is 2. The van der Waals surface area contributed by atoms with Gasteiger partial charge in [0.25, 0.3) is 0 Å². The standard InChI is InChI=1S/C14H20N2O2/c1-11(2)14(18)9-16(10-14)13(17)15-8-12-6-4-3-5-7-12/h3-7,11,18H,8-10H2,1-2H3,(H,15,17). The summed E-state index contributed by atoms with van der Waals surface area (Å²) in [4.78, 5) is 13.5. The first-order valence-corrected chi connectivity index (χ1v) is 6.30. The van der Waals surface area contributed by atoms with Crippen LogP contribution >= 0.6 is 0 Å². The molecular formula is C14H20N2O2. The molecule has 1 aliphatic rings. The maximum atomic E-state index is 11.8. The van der Waals surface area contributed by atoms with Gasteiger partial charge in [0.1, 0.15) is 5.60 Å². The van der Waals surface area contributed by atoms with Crippen LogP contribution in [-0.4, -0.2) is 34.7 Å². The first-order valence-electron chi connectivity index (χ1n) is 6.30. The number of rotatable bonds is 3. The molecule has 1 aromatic carbocycles. The van der Waals surface area contributed by atoms with Gasteiger partial charge < -0.3 is 15.3 Å². The van der Waals surface area contributed by atoms with Gasteiger partial charge in [-0.15, -0.1) is 0 Å². The molecule has 1 heterocycles. The second kappa shape index (κ2) is 4.98. The highest BCUT2D eigenvalue weighted by molar-refractivity contribution is 5.75. The van der Waals surface area contributed by atoms with Crippen molar-refractivity contribution >= 4 is 6.03 Å². The summed E-state index contributed by atoms with van der Waals surface area (Å²) in [5.41, 5.74) is 0.370. The van der Waals surface area contributed by atoms with E-state index in [1.165, 1.54) is 0 Å². The maximum absolute atomic E-state index is 11.8. The first-order chi connectivity index (χ1) is 8.51. The average molecular weight is 248 g/mol. The molecule has 0 spiro atoms. The highest BCUT2D eigenvalue weighted by Crippen LogP contribution is 2.28. The highest BCUT2D eigenvalue weighted by Gasteiger charge is 2.45. The minimum absolute atomic E-state index is 0.107. The summed E-state index contributed by atoms with van der Waals surface area (Å²) >= 11 is 0. The molecule has 98 valence electrons. The molecule has 0 saturated carbocycles. The predicted molar refractivity (Wildman–Crippen MR) is 70.0 cm³/mol. The molecule has 18 heavy (non-hydrogen) atoms. The molecule has 0 radical (unpaired) electrons. The lowest BCUT2D eigenvalue weighted by Crippen LogP contribution is -2.67. The fraction of sp³-hybridized carbons (Fsp3) is 0.500. The van der Waals surface area contributed by atoms with Crippen molar-refractivity contribution in [2.45, 2.75) is 26.0 Å². The minimum Gasteiger partial charge on any atom is -0.386 e. The summed E-state index contributed by atoms with van der Waals surface area (Å²) in [6.45, 7) is 5.31. The molecule has 1 fully saturated rings. The molecule has 1 saturated heterocycles. The SMILES string of the molecule is CC(C)C1(O)CN(C(=O)NCc2ccccc2)C1. The Morgan fingerprint density at radius 1 is 1.39 bits per heavy atom. The predicted octanol–water partition coefficient (Wildman–Crippen LogP) is 1.60. The van der Waals surface area contributed by atoms with Gasteiger partial charge in [0.2, 0.25) is 0 Å². The summed E-state index contributed by atoms with van der Waals surface area (Å²) in [6.07, 6.45) is 0. The monoisotopic (exact) mass is 248 g/mol. The van der Waals surface area contributed by atoms with Crippen molar-refractivity contribution in [2.24, 2.45) is 5.92 Å². The van der Waals surface area contributed by atoms with E-state index in [-0.39, 0.29) is 11.9 Å². The molecule has 2 rings (SSSR count). The number of aliphatic hydroxyl groups is 1. The van der Waals surface area contributed by atoms with E-state index in [0.717, 1.165) is 5.56 Å². The van der Waals surface area contributed by atoms with Crippen molar-refractivity contribution in [2.75, 3.05) is 13.1 Å². The average Bonchev–Trinajstić information content (AvgIpc) is 2.33. The molecule has 4 heteroatoms. The Hall–Kier alpha value is -1.55. The molecular weight excluding hydrogens is 228 g/mol. The van der Waals surface area contributed by atoms with Crippen molar-refractivity contribution in [3.05, 3.63) is 35.9 Å². The third kappa shape index (κ3) is 2.64. The minimum atomic E-state index is -0.704. The summed E-state index contributed by atoms with van der Waals surface area (Å²) in [5.74, 6) is 0.177. The zero-order valence-electron chi connectivity index (χ0n) is 10.9. The van der Waals surface area contributed by atoms with E-state index in [4.69, 9.17) is 0 Å². The molecule has 0 bridgehead atoms. The van der Waals surface area contributed by atoms with Gasteiger partial charge in [0, 0.05) is 6.54 Å². The lowest BCUT2D eigenvalue weighted by molar-refractivity contribution is -0.107. The van der Waals surface area contributed by atoms with Crippen LogP contribution in [0.15, 0.2) is 30.3 Å². The van der Waals surface area contributed by atoms with Crippen LogP contribution in [-0.2, 0) is 6.54 Å². The van der Waals surface area contributed by atoms with Crippen LogP contribution in [0.25, 0.3) is 0 Å². The van der Waals surface area contributed by atoms with Crippen LogP contribution in [0.1, 0.15) is 19.4 Å². The van der Waals surface area contributed by atoms with Crippen molar-refractivity contribution in [1.29, 1.82) is 0 Å². The number of carbonyl (C=O) groups is 1. The molecule has 1 aromatic rings. The molecule has 0 atom stereocenters. The van der Waals surface area contributed by atoms with E-state index in [0.29, 0.717) is 19.6 Å². The van der Waals surface area contributed by atoms with Gasteiger partial charge in [0.15, 0.2) is 0 Å². The summed E-state index contributed by atoms with van der Waals surface area (Å²) in [7, 11) is 0. The Morgan fingerprint density at radius 3 is 2.56 bits per heavy atom. The third-order valence-corrected chi connectivity index (χ3v) is 3.58. The Kier molecular flexibility index (Phi) is 3.57. The first kappa shape index (κ1) is 12.9. The van der Waals surface area contributed by atoms with Crippen LogP contribution in [0, 0.1) is 5.92 Å². The number of amides is 2. The Bertz CT molecular complexity index is 411. The van der Waals surface area contributed by atoms with E-state index in [2.05, 4.69) is 5.32 Å². The van der Waals surface area contributed by atoms with Crippen LogP contribution in [0.4, 0.5) is 4.79 Å². The quantitative estimate of drug-likeness (QED) is 0.853. The number of carbonyl (C=O) groups excluding carboxylic acids is 1. The number of nitrogens with one attached hydrogen (secondary N) is 1. The summed E-state index contributed by atoms with van der Waals surface area (Å²) in [6, 6.07) is 9.68. The van der Waals surface area contributed by atoms with Gasteiger partial charge in [-0.3, -0.25) is 0 Å². The van der Waals surface area contributed by atoms with E-state index < -0.39 is 5.60 Å². The molecule has 0 aliphatic carbocycles. The fourth-order valence-corrected chi connectivity index (χ4v) is 2.01. The molecule has 2 amide bonds. The lowest BCUT2D eigenvalue weighted by atomic mass is 9.83. The fourth-order valence-electron chi connectivity index (χ4n) is 2.01. The number of β-amino-alcohol motifs (C(OH)–C–C–N with tert-alkyl or cyclic N) is 1. The second-order valence-electron chi connectivity index (χ2n) is 5.26. The van der Waals surface area contributed by atoms with E-state index in [1.807, 2.05) is 44.2 Å². The van der Waals surface area contributed by atoms with Gasteiger partial charge in [-0.05, 0) is 11.5 Å². The van der Waals surface area contributed by atoms with Gasteiger partial charge in [0.05, 0.1) is 13.1 Å². The number of likely N-dealkylation sites (tertiary alicyclic amines) is 1. The highest BCUT2D eigenvalue weighted by atomic mass is 16.3. The molecule has 0 aromatic heterocycles. The number of nitrogens with zero attached hydrogens (tertiary/aromatic N) is 1. The smallest absolute Gasteiger partial charge is 0.317 e. The van der Waals surface area contributed by atoms with Crippen LogP contribution in [0.2, 0.25) is 0 Å². The Labute approximate surface area is 108 Å². The summed E-state index contributed by atoms with van der Waals surface area (Å²) < 4.78 is 0. The van der Waals surface area contributed by atoms with Crippen molar-refractivity contribution in [3.8, 4) is 0 Å². The molecule has 0 unspecified atom stereocenters. The van der Waals surface area contributed by atoms with Gasteiger partial charge in [-0.25, -0.2) is 4.79 Å². The molecule has 1 aliphatic heterocycles. The maximum Gasteiger partial charge on any atom is 0.317 e. The van der Waals surface area contributed by atoms with Gasteiger partial charge in [-0.2, -0.15) is 0 Å². The number of hydrogen-bond donors (Lipinski definition) is 2. The van der Waals surface area contributed by atoms with Gasteiger partial charge >= 0.3 is 6.03 Å². The second-order valence-corrected chi connectivity index (χ2v) is 5.26. The van der Waals surface area contributed by atoms with Crippen molar-refractivity contribution < 1.29 is 9.90 Å². The van der Waals surface area contributed by atoms with E-state index >= 15 is 0 Å². The third-order valence-electron chi connectivity index (χ3n) is 3.58. The number of benzene rings is 1. The normalized spacial score (nSPS) is 17.4.